The molecule has 1 atom stereocenters. The minimum absolute atomic E-state index is 0.0122. The van der Waals surface area contributed by atoms with E-state index in [2.05, 4.69) is 26.2 Å². The lowest BCUT2D eigenvalue weighted by Gasteiger charge is -2.19. The summed E-state index contributed by atoms with van der Waals surface area (Å²) in [6.45, 7) is 5.57. The standard InChI is InChI=1S/C16H17BrN2O2/c1-9-7-14(15(16(20)21)11(3)18-9)19-10(2)12-5-4-6-13(17)8-12/h4-8,10H,1-3H3,(H,18,19)(H,20,21). The molecule has 0 bridgehead atoms. The lowest BCUT2D eigenvalue weighted by Crippen LogP contribution is -2.13. The number of aromatic carboxylic acids is 1. The molecule has 0 aliphatic heterocycles. The van der Waals surface area contributed by atoms with Crippen molar-refractivity contribution < 1.29 is 9.90 Å². The number of aryl methyl sites for hydroxylation is 2. The summed E-state index contributed by atoms with van der Waals surface area (Å²) in [5.74, 6) is -0.969. The van der Waals surface area contributed by atoms with Crippen LogP contribution in [0.1, 0.15) is 40.3 Å². The fourth-order valence-corrected chi connectivity index (χ4v) is 2.72. The molecule has 1 unspecified atom stereocenters. The number of benzene rings is 1. The molecule has 0 fully saturated rings. The Kier molecular flexibility index (Phi) is 4.63. The van der Waals surface area contributed by atoms with Crippen LogP contribution in [0.5, 0.6) is 0 Å². The van der Waals surface area contributed by atoms with E-state index in [4.69, 9.17) is 0 Å². The normalized spacial score (nSPS) is 12.0. The molecule has 1 aromatic carbocycles. The molecular formula is C16H17BrN2O2. The van der Waals surface area contributed by atoms with Crippen LogP contribution in [0.2, 0.25) is 0 Å². The zero-order chi connectivity index (χ0) is 15.6. The topological polar surface area (TPSA) is 62.2 Å². The Morgan fingerprint density at radius 3 is 2.67 bits per heavy atom. The van der Waals surface area contributed by atoms with Gasteiger partial charge in [0, 0.05) is 16.2 Å². The second-order valence-electron chi connectivity index (χ2n) is 5.00. The van der Waals surface area contributed by atoms with Gasteiger partial charge >= 0.3 is 5.97 Å². The van der Waals surface area contributed by atoms with E-state index in [9.17, 15) is 9.90 Å². The summed E-state index contributed by atoms with van der Waals surface area (Å²) in [7, 11) is 0. The Labute approximate surface area is 132 Å². The van der Waals surface area contributed by atoms with Crippen LogP contribution in [0.3, 0.4) is 0 Å². The average molecular weight is 349 g/mol. The number of nitrogens with one attached hydrogen (secondary N) is 1. The first kappa shape index (κ1) is 15.5. The van der Waals surface area contributed by atoms with Crippen molar-refractivity contribution in [1.82, 2.24) is 4.98 Å². The van der Waals surface area contributed by atoms with Crippen molar-refractivity contribution in [1.29, 1.82) is 0 Å². The first-order valence-electron chi connectivity index (χ1n) is 6.62. The first-order chi connectivity index (χ1) is 9.88. The molecule has 1 aromatic heterocycles. The van der Waals surface area contributed by atoms with Gasteiger partial charge in [-0.15, -0.1) is 0 Å². The maximum absolute atomic E-state index is 11.4. The van der Waals surface area contributed by atoms with Gasteiger partial charge in [-0.2, -0.15) is 0 Å². The maximum atomic E-state index is 11.4. The number of carbonyl (C=O) groups is 1. The molecule has 0 saturated carbocycles. The molecular weight excluding hydrogens is 332 g/mol. The van der Waals surface area contributed by atoms with Gasteiger partial charge in [0.05, 0.1) is 11.4 Å². The number of anilines is 1. The van der Waals surface area contributed by atoms with E-state index in [1.165, 1.54) is 0 Å². The molecule has 5 heteroatoms. The highest BCUT2D eigenvalue weighted by Crippen LogP contribution is 2.26. The van der Waals surface area contributed by atoms with Crippen molar-refractivity contribution in [2.45, 2.75) is 26.8 Å². The van der Waals surface area contributed by atoms with Crippen LogP contribution in [0, 0.1) is 13.8 Å². The number of rotatable bonds is 4. The number of halogens is 1. The molecule has 21 heavy (non-hydrogen) atoms. The molecule has 4 nitrogen and oxygen atoms in total. The molecule has 2 rings (SSSR count). The summed E-state index contributed by atoms with van der Waals surface area (Å²) in [4.78, 5) is 15.7. The summed E-state index contributed by atoms with van der Waals surface area (Å²) in [5.41, 5.74) is 3.21. The zero-order valence-electron chi connectivity index (χ0n) is 12.1. The lowest BCUT2D eigenvalue weighted by molar-refractivity contribution is 0.0696. The third-order valence-corrected chi connectivity index (χ3v) is 3.76. The molecule has 2 aromatic rings. The van der Waals surface area contributed by atoms with Crippen LogP contribution in [0.25, 0.3) is 0 Å². The van der Waals surface area contributed by atoms with Crippen molar-refractivity contribution in [3.63, 3.8) is 0 Å². The van der Waals surface area contributed by atoms with Crippen molar-refractivity contribution in [2.24, 2.45) is 0 Å². The highest BCUT2D eigenvalue weighted by molar-refractivity contribution is 9.10. The summed E-state index contributed by atoms with van der Waals surface area (Å²) in [5, 5.41) is 12.7. The highest BCUT2D eigenvalue weighted by atomic mass is 79.9. The van der Waals surface area contributed by atoms with Gasteiger partial charge in [0.15, 0.2) is 0 Å². The van der Waals surface area contributed by atoms with E-state index in [0.717, 1.165) is 15.7 Å². The third kappa shape index (κ3) is 3.61. The second-order valence-corrected chi connectivity index (χ2v) is 5.91. The molecule has 0 amide bonds. The van der Waals surface area contributed by atoms with Gasteiger partial charge < -0.3 is 10.4 Å². The molecule has 0 aliphatic carbocycles. The number of nitrogens with zero attached hydrogens (tertiary/aromatic N) is 1. The fraction of sp³-hybridized carbons (Fsp3) is 0.250. The Morgan fingerprint density at radius 2 is 2.05 bits per heavy atom. The van der Waals surface area contributed by atoms with Crippen LogP contribution in [0.15, 0.2) is 34.8 Å². The minimum Gasteiger partial charge on any atom is -0.478 e. The number of hydrogen-bond acceptors (Lipinski definition) is 3. The summed E-state index contributed by atoms with van der Waals surface area (Å²) < 4.78 is 0.995. The Bertz CT molecular complexity index is 686. The van der Waals surface area contributed by atoms with Gasteiger partial charge in [0.2, 0.25) is 0 Å². The monoisotopic (exact) mass is 348 g/mol. The van der Waals surface area contributed by atoms with Gasteiger partial charge in [-0.25, -0.2) is 4.79 Å². The van der Waals surface area contributed by atoms with E-state index in [1.54, 1.807) is 13.0 Å². The number of carboxylic acid groups (broad SMARTS) is 1. The van der Waals surface area contributed by atoms with Gasteiger partial charge in [-0.1, -0.05) is 28.1 Å². The van der Waals surface area contributed by atoms with Crippen molar-refractivity contribution in [3.8, 4) is 0 Å². The molecule has 110 valence electrons. The number of pyridine rings is 1. The number of hydrogen-bond donors (Lipinski definition) is 2. The second kappa shape index (κ2) is 6.26. The SMILES string of the molecule is Cc1cc(NC(C)c2cccc(Br)c2)c(C(=O)O)c(C)n1. The van der Waals surface area contributed by atoms with Gasteiger partial charge in [0.25, 0.3) is 0 Å². The first-order valence-corrected chi connectivity index (χ1v) is 7.41. The zero-order valence-corrected chi connectivity index (χ0v) is 13.7. The average Bonchev–Trinajstić information content (AvgIpc) is 2.37. The predicted molar refractivity (Wildman–Crippen MR) is 86.9 cm³/mol. The Hall–Kier alpha value is -1.88. The fourth-order valence-electron chi connectivity index (χ4n) is 2.30. The number of carboxylic acids is 1. The molecule has 0 radical (unpaired) electrons. The minimum atomic E-state index is -0.969. The van der Waals surface area contributed by atoms with Crippen LogP contribution in [-0.2, 0) is 0 Å². The third-order valence-electron chi connectivity index (χ3n) is 3.26. The van der Waals surface area contributed by atoms with E-state index < -0.39 is 5.97 Å². The molecule has 0 spiro atoms. The Balaban J connectivity index is 2.37. The van der Waals surface area contributed by atoms with E-state index >= 15 is 0 Å². The molecule has 1 heterocycles. The van der Waals surface area contributed by atoms with Crippen LogP contribution >= 0.6 is 15.9 Å². The van der Waals surface area contributed by atoms with Crippen molar-refractivity contribution in [2.75, 3.05) is 5.32 Å². The molecule has 0 aliphatic rings. The van der Waals surface area contributed by atoms with Gasteiger partial charge in [0.1, 0.15) is 5.56 Å². The number of aromatic nitrogens is 1. The van der Waals surface area contributed by atoms with Crippen molar-refractivity contribution >= 4 is 27.6 Å². The van der Waals surface area contributed by atoms with Crippen LogP contribution < -0.4 is 5.32 Å². The highest BCUT2D eigenvalue weighted by Gasteiger charge is 2.17. The van der Waals surface area contributed by atoms with E-state index in [1.807, 2.05) is 38.1 Å². The van der Waals surface area contributed by atoms with Crippen molar-refractivity contribution in [3.05, 3.63) is 57.3 Å². The summed E-state index contributed by atoms with van der Waals surface area (Å²) in [6, 6.07) is 9.69. The van der Waals surface area contributed by atoms with E-state index in [0.29, 0.717) is 11.4 Å². The smallest absolute Gasteiger partial charge is 0.339 e. The molecule has 0 saturated heterocycles. The predicted octanol–water partition coefficient (Wildman–Crippen LogP) is 4.33. The van der Waals surface area contributed by atoms with E-state index in [-0.39, 0.29) is 11.6 Å². The van der Waals surface area contributed by atoms with Gasteiger partial charge in [-0.3, -0.25) is 4.98 Å². The quantitative estimate of drug-likeness (QED) is 0.862. The molecule has 2 N–H and O–H groups in total. The summed E-state index contributed by atoms with van der Waals surface area (Å²) >= 11 is 3.44. The summed E-state index contributed by atoms with van der Waals surface area (Å²) in [6.07, 6.45) is 0. The Morgan fingerprint density at radius 1 is 1.33 bits per heavy atom. The van der Waals surface area contributed by atoms with Gasteiger partial charge in [-0.05, 0) is 44.5 Å². The lowest BCUT2D eigenvalue weighted by atomic mass is 10.1. The largest absolute Gasteiger partial charge is 0.478 e. The maximum Gasteiger partial charge on any atom is 0.339 e. The van der Waals surface area contributed by atoms with Crippen LogP contribution in [0.4, 0.5) is 5.69 Å². The van der Waals surface area contributed by atoms with Crippen LogP contribution in [-0.4, -0.2) is 16.1 Å².